The predicted octanol–water partition coefficient (Wildman–Crippen LogP) is 2.11. The van der Waals surface area contributed by atoms with Crippen molar-refractivity contribution in [3.8, 4) is 0 Å². The fraction of sp³-hybridized carbons (Fsp3) is 0.389. The number of rotatable bonds is 3. The molecular weight excluding hydrogens is 340 g/mol. The van der Waals surface area contributed by atoms with Crippen LogP contribution in [0.5, 0.6) is 0 Å². The van der Waals surface area contributed by atoms with E-state index in [1.165, 1.54) is 10.7 Å². The fourth-order valence-electron chi connectivity index (χ4n) is 3.02. The van der Waals surface area contributed by atoms with Gasteiger partial charge in [0.1, 0.15) is 6.04 Å². The molecule has 0 aliphatic carbocycles. The Morgan fingerprint density at radius 1 is 1.16 bits per heavy atom. The largest absolute Gasteiger partial charge is 0.368 e. The third-order valence-electron chi connectivity index (χ3n) is 4.45. The molecule has 1 saturated heterocycles. The molecule has 0 radical (unpaired) electrons. The van der Waals surface area contributed by atoms with E-state index in [1.807, 2.05) is 24.3 Å². The summed E-state index contributed by atoms with van der Waals surface area (Å²) < 4.78 is 1.26. The summed E-state index contributed by atoms with van der Waals surface area (Å²) >= 11 is 6.05. The molecule has 1 fully saturated rings. The zero-order valence-corrected chi connectivity index (χ0v) is 15.1. The quantitative estimate of drug-likeness (QED) is 0.841. The number of hydrogen-bond acceptors (Lipinski definition) is 4. The first kappa shape index (κ1) is 17.5. The fourth-order valence-corrected chi connectivity index (χ4v) is 3.21. The number of aryl methyl sites for hydroxylation is 1. The van der Waals surface area contributed by atoms with E-state index in [0.29, 0.717) is 23.8 Å². The van der Waals surface area contributed by atoms with Crippen LogP contribution in [0.4, 0.5) is 5.69 Å². The van der Waals surface area contributed by atoms with Gasteiger partial charge in [-0.3, -0.25) is 9.59 Å². The number of piperazine rings is 1. The predicted molar refractivity (Wildman–Crippen MR) is 98.2 cm³/mol. The van der Waals surface area contributed by atoms with E-state index in [-0.39, 0.29) is 11.5 Å². The van der Waals surface area contributed by atoms with Gasteiger partial charge < -0.3 is 9.80 Å². The van der Waals surface area contributed by atoms with Gasteiger partial charge in [0, 0.05) is 43.0 Å². The third-order valence-corrected chi connectivity index (χ3v) is 4.68. The minimum atomic E-state index is -0.606. The number of hydrogen-bond donors (Lipinski definition) is 0. The van der Waals surface area contributed by atoms with Gasteiger partial charge in [-0.15, -0.1) is 0 Å². The molecule has 1 atom stereocenters. The van der Waals surface area contributed by atoms with Gasteiger partial charge in [-0.05, 0) is 38.1 Å². The Labute approximate surface area is 151 Å². The van der Waals surface area contributed by atoms with Crippen molar-refractivity contribution in [2.75, 3.05) is 31.1 Å². The van der Waals surface area contributed by atoms with E-state index >= 15 is 0 Å². The topological polar surface area (TPSA) is 58.4 Å². The Balaban J connectivity index is 1.67. The van der Waals surface area contributed by atoms with Crippen LogP contribution in [-0.4, -0.2) is 46.8 Å². The van der Waals surface area contributed by atoms with Crippen molar-refractivity contribution in [2.45, 2.75) is 19.9 Å². The highest BCUT2D eigenvalue weighted by Crippen LogP contribution is 2.21. The summed E-state index contributed by atoms with van der Waals surface area (Å²) in [6.45, 7) is 6.20. The average molecular weight is 361 g/mol. The van der Waals surface area contributed by atoms with Gasteiger partial charge in [-0.25, -0.2) is 4.68 Å². The second-order valence-corrected chi connectivity index (χ2v) is 6.66. The number of nitrogens with zero attached hydrogens (tertiary/aromatic N) is 4. The van der Waals surface area contributed by atoms with Gasteiger partial charge in [-0.2, -0.15) is 5.10 Å². The molecule has 1 aromatic heterocycles. The van der Waals surface area contributed by atoms with Gasteiger partial charge in [-0.1, -0.05) is 17.7 Å². The van der Waals surface area contributed by atoms with Crippen molar-refractivity contribution >= 4 is 23.2 Å². The van der Waals surface area contributed by atoms with E-state index in [2.05, 4.69) is 10.00 Å². The monoisotopic (exact) mass is 360 g/mol. The Morgan fingerprint density at radius 3 is 2.56 bits per heavy atom. The van der Waals surface area contributed by atoms with Gasteiger partial charge in [0.2, 0.25) is 5.91 Å². The zero-order chi connectivity index (χ0) is 18.0. The van der Waals surface area contributed by atoms with Gasteiger partial charge in [0.25, 0.3) is 5.56 Å². The summed E-state index contributed by atoms with van der Waals surface area (Å²) in [5, 5.41) is 4.90. The lowest BCUT2D eigenvalue weighted by molar-refractivity contribution is -0.135. The van der Waals surface area contributed by atoms with Crippen molar-refractivity contribution in [3.63, 3.8) is 0 Å². The Kier molecular flexibility index (Phi) is 5.08. The molecule has 3 rings (SSSR count). The number of benzene rings is 1. The Morgan fingerprint density at radius 2 is 1.88 bits per heavy atom. The molecule has 7 heteroatoms. The molecule has 1 amide bonds. The zero-order valence-electron chi connectivity index (χ0n) is 14.4. The summed E-state index contributed by atoms with van der Waals surface area (Å²) in [6, 6.07) is 10.2. The number of halogens is 1. The van der Waals surface area contributed by atoms with E-state index in [4.69, 9.17) is 11.6 Å². The molecule has 0 spiro atoms. The third kappa shape index (κ3) is 3.85. The standard InChI is InChI=1S/C18H21ClN4O2/c1-13-6-7-17(24)23(20-13)14(2)18(25)22-10-8-21(9-11-22)16-5-3-4-15(19)12-16/h3-7,12,14H,8-11H2,1-2H3. The van der Waals surface area contributed by atoms with Crippen molar-refractivity contribution < 1.29 is 4.79 Å². The number of amides is 1. The van der Waals surface area contributed by atoms with Crippen molar-refractivity contribution in [2.24, 2.45) is 0 Å². The second-order valence-electron chi connectivity index (χ2n) is 6.23. The molecule has 1 aromatic carbocycles. The number of anilines is 1. The van der Waals surface area contributed by atoms with E-state index in [1.54, 1.807) is 24.8 Å². The molecule has 1 unspecified atom stereocenters. The van der Waals surface area contributed by atoms with Crippen LogP contribution in [0.1, 0.15) is 18.7 Å². The van der Waals surface area contributed by atoms with Crippen LogP contribution in [-0.2, 0) is 4.79 Å². The molecule has 0 saturated carbocycles. The number of aromatic nitrogens is 2. The maximum absolute atomic E-state index is 12.7. The van der Waals surface area contributed by atoms with Gasteiger partial charge >= 0.3 is 0 Å². The molecule has 0 bridgehead atoms. The molecule has 132 valence electrons. The minimum Gasteiger partial charge on any atom is -0.368 e. The lowest BCUT2D eigenvalue weighted by atomic mass is 10.2. The molecule has 2 heterocycles. The lowest BCUT2D eigenvalue weighted by Gasteiger charge is -2.37. The summed E-state index contributed by atoms with van der Waals surface area (Å²) in [6.07, 6.45) is 0. The number of carbonyl (C=O) groups excluding carboxylic acids is 1. The molecule has 1 aliphatic rings. The minimum absolute atomic E-state index is 0.0778. The van der Waals surface area contributed by atoms with Crippen molar-refractivity contribution in [3.05, 3.63) is 57.5 Å². The van der Waals surface area contributed by atoms with Gasteiger partial charge in [0.15, 0.2) is 0 Å². The van der Waals surface area contributed by atoms with Gasteiger partial charge in [0.05, 0.1) is 5.69 Å². The average Bonchev–Trinajstić information content (AvgIpc) is 2.62. The van der Waals surface area contributed by atoms with E-state index < -0.39 is 6.04 Å². The normalized spacial score (nSPS) is 16.0. The summed E-state index contributed by atoms with van der Waals surface area (Å²) in [7, 11) is 0. The Hall–Kier alpha value is -2.34. The van der Waals surface area contributed by atoms with Crippen LogP contribution in [0, 0.1) is 6.92 Å². The lowest BCUT2D eigenvalue weighted by Crippen LogP contribution is -2.51. The molecule has 2 aromatic rings. The van der Waals surface area contributed by atoms with Crippen molar-refractivity contribution in [1.29, 1.82) is 0 Å². The van der Waals surface area contributed by atoms with Crippen LogP contribution >= 0.6 is 11.6 Å². The molecule has 0 N–H and O–H groups in total. The smallest absolute Gasteiger partial charge is 0.267 e. The first-order valence-electron chi connectivity index (χ1n) is 8.31. The highest BCUT2D eigenvalue weighted by atomic mass is 35.5. The Bertz CT molecular complexity index is 828. The maximum atomic E-state index is 12.7. The van der Waals surface area contributed by atoms with Crippen molar-refractivity contribution in [1.82, 2.24) is 14.7 Å². The van der Waals surface area contributed by atoms with Crippen LogP contribution in [0.15, 0.2) is 41.2 Å². The van der Waals surface area contributed by atoms with E-state index in [0.717, 1.165) is 18.8 Å². The molecule has 6 nitrogen and oxygen atoms in total. The molecule has 1 aliphatic heterocycles. The van der Waals surface area contributed by atoms with Crippen LogP contribution < -0.4 is 10.5 Å². The molecular formula is C18H21ClN4O2. The summed E-state index contributed by atoms with van der Waals surface area (Å²) in [5.74, 6) is -0.0778. The highest BCUT2D eigenvalue weighted by molar-refractivity contribution is 6.30. The number of carbonyl (C=O) groups is 1. The van der Waals surface area contributed by atoms with Crippen LogP contribution in [0.2, 0.25) is 5.02 Å². The SMILES string of the molecule is Cc1ccc(=O)n(C(C)C(=O)N2CCN(c3cccc(Cl)c3)CC2)n1. The first-order chi connectivity index (χ1) is 12.0. The van der Waals surface area contributed by atoms with Crippen LogP contribution in [0.3, 0.4) is 0 Å². The van der Waals surface area contributed by atoms with E-state index in [9.17, 15) is 9.59 Å². The first-order valence-corrected chi connectivity index (χ1v) is 8.69. The molecule has 25 heavy (non-hydrogen) atoms. The summed E-state index contributed by atoms with van der Waals surface area (Å²) in [4.78, 5) is 28.7. The maximum Gasteiger partial charge on any atom is 0.267 e. The highest BCUT2D eigenvalue weighted by Gasteiger charge is 2.27. The second kappa shape index (κ2) is 7.27. The summed E-state index contributed by atoms with van der Waals surface area (Å²) in [5.41, 5.74) is 1.51. The van der Waals surface area contributed by atoms with Crippen LogP contribution in [0.25, 0.3) is 0 Å².